The third-order valence-corrected chi connectivity index (χ3v) is 7.41. The maximum atomic E-state index is 13.7. The van der Waals surface area contributed by atoms with Gasteiger partial charge in [0.25, 0.3) is 0 Å². The van der Waals surface area contributed by atoms with Crippen LogP contribution in [-0.2, 0) is 9.53 Å². The average Bonchev–Trinajstić information content (AvgIpc) is 3.27. The third-order valence-electron chi connectivity index (χ3n) is 6.35. The number of piperidine rings is 1. The summed E-state index contributed by atoms with van der Waals surface area (Å²) in [4.78, 5) is 34.0. The molecular formula is C26H26FN3O4S. The molecule has 182 valence electrons. The predicted octanol–water partition coefficient (Wildman–Crippen LogP) is 4.36. The molecule has 2 saturated heterocycles. The number of halogens is 1. The zero-order valence-electron chi connectivity index (χ0n) is 19.1. The van der Waals surface area contributed by atoms with E-state index in [4.69, 9.17) is 9.47 Å². The Morgan fingerprint density at radius 1 is 1.14 bits per heavy atom. The van der Waals surface area contributed by atoms with Crippen molar-refractivity contribution in [1.29, 1.82) is 0 Å². The van der Waals surface area contributed by atoms with Gasteiger partial charge in [0.15, 0.2) is 6.10 Å². The normalized spacial score (nSPS) is 18.7. The monoisotopic (exact) mass is 495 g/mol. The quantitative estimate of drug-likeness (QED) is 0.454. The lowest BCUT2D eigenvalue weighted by Gasteiger charge is -2.35. The molecule has 0 aliphatic carbocycles. The zero-order valence-corrected chi connectivity index (χ0v) is 20.0. The predicted molar refractivity (Wildman–Crippen MR) is 131 cm³/mol. The Labute approximate surface area is 207 Å². The van der Waals surface area contributed by atoms with E-state index < -0.39 is 0 Å². The van der Waals surface area contributed by atoms with E-state index >= 15 is 0 Å². The van der Waals surface area contributed by atoms with Crippen LogP contribution in [0.3, 0.4) is 0 Å². The van der Waals surface area contributed by atoms with Gasteiger partial charge in [0.1, 0.15) is 18.2 Å². The van der Waals surface area contributed by atoms with E-state index in [1.54, 1.807) is 17.2 Å². The molecule has 0 bridgehead atoms. The summed E-state index contributed by atoms with van der Waals surface area (Å²) in [5.74, 6) is 0.727. The lowest BCUT2D eigenvalue weighted by Crippen LogP contribution is -2.47. The number of likely N-dealkylation sites (tertiary alicyclic amines) is 1. The fourth-order valence-corrected chi connectivity index (χ4v) is 5.45. The van der Waals surface area contributed by atoms with Crippen molar-refractivity contribution in [2.45, 2.75) is 29.9 Å². The third kappa shape index (κ3) is 5.51. The summed E-state index contributed by atoms with van der Waals surface area (Å²) in [5.41, 5.74) is 0.703. The standard InChI is InChI=1S/C26H26FN3O4S/c27-18-6-7-23-22(14-18)24(8-11-28-23)35-17-25(31)29-12-9-19(10-13-29)30-15-21(34-26(30)32)16-33-20-4-2-1-3-5-20/h1-8,11,14,19,21H,9-10,12-13,15-17H2. The lowest BCUT2D eigenvalue weighted by atomic mass is 10.0. The molecular weight excluding hydrogens is 469 g/mol. The first-order valence-electron chi connectivity index (χ1n) is 11.7. The van der Waals surface area contributed by atoms with Gasteiger partial charge < -0.3 is 19.3 Å². The molecule has 2 aliphatic heterocycles. The summed E-state index contributed by atoms with van der Waals surface area (Å²) in [6.45, 7) is 1.98. The molecule has 0 spiro atoms. The Morgan fingerprint density at radius 3 is 2.74 bits per heavy atom. The fourth-order valence-electron chi connectivity index (χ4n) is 4.51. The van der Waals surface area contributed by atoms with Crippen molar-refractivity contribution in [2.75, 3.05) is 32.0 Å². The number of pyridine rings is 1. The van der Waals surface area contributed by atoms with Gasteiger partial charge in [-0.05, 0) is 49.2 Å². The van der Waals surface area contributed by atoms with Crippen LogP contribution in [-0.4, -0.2) is 70.9 Å². The van der Waals surface area contributed by atoms with E-state index in [2.05, 4.69) is 4.98 Å². The minimum Gasteiger partial charge on any atom is -0.490 e. The summed E-state index contributed by atoms with van der Waals surface area (Å²) >= 11 is 1.39. The van der Waals surface area contributed by atoms with E-state index in [0.29, 0.717) is 50.0 Å². The van der Waals surface area contributed by atoms with Crippen LogP contribution in [0.4, 0.5) is 9.18 Å². The number of hydrogen-bond donors (Lipinski definition) is 0. The van der Waals surface area contributed by atoms with Crippen molar-refractivity contribution in [3.8, 4) is 5.75 Å². The van der Waals surface area contributed by atoms with Crippen LogP contribution < -0.4 is 4.74 Å². The molecule has 0 saturated carbocycles. The number of nitrogens with zero attached hydrogens (tertiary/aromatic N) is 3. The highest BCUT2D eigenvalue weighted by atomic mass is 32.2. The van der Waals surface area contributed by atoms with Crippen molar-refractivity contribution in [1.82, 2.24) is 14.8 Å². The van der Waals surface area contributed by atoms with Crippen LogP contribution in [0.1, 0.15) is 12.8 Å². The second kappa shape index (κ2) is 10.5. The van der Waals surface area contributed by atoms with Gasteiger partial charge in [-0.3, -0.25) is 9.78 Å². The van der Waals surface area contributed by atoms with Gasteiger partial charge in [-0.1, -0.05) is 18.2 Å². The molecule has 0 radical (unpaired) electrons. The van der Waals surface area contributed by atoms with Crippen LogP contribution in [0.2, 0.25) is 0 Å². The van der Waals surface area contributed by atoms with Gasteiger partial charge in [0, 0.05) is 35.6 Å². The number of cyclic esters (lactones) is 1. The number of hydrogen-bond acceptors (Lipinski definition) is 6. The number of amides is 2. The van der Waals surface area contributed by atoms with Crippen LogP contribution in [0.15, 0.2) is 65.7 Å². The Balaban J connectivity index is 1.10. The molecule has 35 heavy (non-hydrogen) atoms. The van der Waals surface area contributed by atoms with Crippen molar-refractivity contribution < 1.29 is 23.5 Å². The molecule has 3 heterocycles. The highest BCUT2D eigenvalue weighted by Gasteiger charge is 2.38. The molecule has 7 nitrogen and oxygen atoms in total. The number of thioether (sulfide) groups is 1. The van der Waals surface area contributed by atoms with Crippen molar-refractivity contribution in [2.24, 2.45) is 0 Å². The molecule has 2 fully saturated rings. The lowest BCUT2D eigenvalue weighted by molar-refractivity contribution is -0.129. The first-order chi connectivity index (χ1) is 17.1. The minimum absolute atomic E-state index is 0.0351. The average molecular weight is 496 g/mol. The zero-order chi connectivity index (χ0) is 24.2. The second-order valence-electron chi connectivity index (χ2n) is 8.65. The van der Waals surface area contributed by atoms with Crippen LogP contribution in [0.25, 0.3) is 10.9 Å². The first kappa shape index (κ1) is 23.4. The molecule has 1 aromatic heterocycles. The van der Waals surface area contributed by atoms with Crippen LogP contribution in [0.5, 0.6) is 5.75 Å². The van der Waals surface area contributed by atoms with Gasteiger partial charge in [-0.15, -0.1) is 11.8 Å². The molecule has 5 rings (SSSR count). The Bertz CT molecular complexity index is 1200. The molecule has 0 N–H and O–H groups in total. The molecule has 2 amide bonds. The number of benzene rings is 2. The first-order valence-corrected chi connectivity index (χ1v) is 12.7. The smallest absolute Gasteiger partial charge is 0.410 e. The Hall–Kier alpha value is -3.33. The summed E-state index contributed by atoms with van der Waals surface area (Å²) in [5, 5.41) is 0.711. The van der Waals surface area contributed by atoms with Gasteiger partial charge in [0.2, 0.25) is 5.91 Å². The van der Waals surface area contributed by atoms with Crippen molar-refractivity contribution in [3.05, 3.63) is 66.6 Å². The summed E-state index contributed by atoms with van der Waals surface area (Å²) in [7, 11) is 0. The Morgan fingerprint density at radius 2 is 1.94 bits per heavy atom. The Kier molecular flexibility index (Phi) is 7.03. The van der Waals surface area contributed by atoms with Crippen molar-refractivity contribution in [3.63, 3.8) is 0 Å². The summed E-state index contributed by atoms with van der Waals surface area (Å²) in [6, 6.07) is 15.8. The number of ether oxygens (including phenoxy) is 2. The van der Waals surface area contributed by atoms with Crippen LogP contribution in [0, 0.1) is 5.82 Å². The van der Waals surface area contributed by atoms with E-state index in [1.165, 1.54) is 23.9 Å². The van der Waals surface area contributed by atoms with Crippen molar-refractivity contribution >= 4 is 34.7 Å². The molecule has 1 atom stereocenters. The largest absolute Gasteiger partial charge is 0.490 e. The molecule has 3 aromatic rings. The van der Waals surface area contributed by atoms with E-state index in [0.717, 1.165) is 10.6 Å². The number of carbonyl (C=O) groups excluding carboxylic acids is 2. The fraction of sp³-hybridized carbons (Fsp3) is 0.346. The SMILES string of the molecule is O=C(CSc1ccnc2ccc(F)cc12)N1CCC(N2CC(COc3ccccc3)OC2=O)CC1. The van der Waals surface area contributed by atoms with E-state index in [9.17, 15) is 14.0 Å². The molecule has 2 aromatic carbocycles. The maximum Gasteiger partial charge on any atom is 0.410 e. The maximum absolute atomic E-state index is 13.7. The van der Waals surface area contributed by atoms with Gasteiger partial charge in [-0.2, -0.15) is 0 Å². The number of carbonyl (C=O) groups is 2. The number of para-hydroxylation sites is 1. The second-order valence-corrected chi connectivity index (χ2v) is 9.67. The number of aromatic nitrogens is 1. The highest BCUT2D eigenvalue weighted by molar-refractivity contribution is 8.00. The topological polar surface area (TPSA) is 72.0 Å². The van der Waals surface area contributed by atoms with Gasteiger partial charge in [-0.25, -0.2) is 9.18 Å². The number of fused-ring (bicyclic) bond motifs is 1. The number of rotatable bonds is 7. The van der Waals surface area contributed by atoms with E-state index in [-0.39, 0.29) is 35.7 Å². The molecule has 2 aliphatic rings. The van der Waals surface area contributed by atoms with Gasteiger partial charge >= 0.3 is 6.09 Å². The summed E-state index contributed by atoms with van der Waals surface area (Å²) in [6.07, 6.45) is 2.47. The molecule has 1 unspecified atom stereocenters. The van der Waals surface area contributed by atoms with E-state index in [1.807, 2.05) is 41.3 Å². The van der Waals surface area contributed by atoms with Gasteiger partial charge in [0.05, 0.1) is 17.8 Å². The minimum atomic E-state index is -0.324. The molecule has 9 heteroatoms. The summed E-state index contributed by atoms with van der Waals surface area (Å²) < 4.78 is 24.9. The van der Waals surface area contributed by atoms with Crippen LogP contribution >= 0.6 is 11.8 Å². The highest BCUT2D eigenvalue weighted by Crippen LogP contribution is 2.28.